The number of benzene rings is 2. The van der Waals surface area contributed by atoms with Crippen molar-refractivity contribution in [1.82, 2.24) is 20.2 Å². The van der Waals surface area contributed by atoms with Crippen LogP contribution in [0.1, 0.15) is 25.7 Å². The summed E-state index contributed by atoms with van der Waals surface area (Å²) in [7, 11) is 0. The summed E-state index contributed by atoms with van der Waals surface area (Å²) in [4.78, 5) is 12.0. The first-order valence-electron chi connectivity index (χ1n) is 11.2. The van der Waals surface area contributed by atoms with E-state index >= 15 is 0 Å². The second-order valence-electron chi connectivity index (χ2n) is 8.51. The van der Waals surface area contributed by atoms with E-state index < -0.39 is 0 Å². The van der Waals surface area contributed by atoms with Gasteiger partial charge in [0.2, 0.25) is 0 Å². The minimum atomic E-state index is 0.184. The maximum Gasteiger partial charge on any atom is 0.165 e. The predicted molar refractivity (Wildman–Crippen MR) is 125 cm³/mol. The lowest BCUT2D eigenvalue weighted by Gasteiger charge is -2.33. The third-order valence-electron chi connectivity index (χ3n) is 6.38. The molecule has 6 nitrogen and oxygen atoms in total. The van der Waals surface area contributed by atoms with Crippen LogP contribution >= 0.6 is 0 Å². The van der Waals surface area contributed by atoms with Gasteiger partial charge in [-0.3, -0.25) is 0 Å². The number of para-hydroxylation sites is 2. The Morgan fingerprint density at radius 2 is 1.81 bits per heavy atom. The topological polar surface area (TPSA) is 73.3 Å². The van der Waals surface area contributed by atoms with Crippen molar-refractivity contribution < 1.29 is 5.11 Å². The van der Waals surface area contributed by atoms with E-state index in [4.69, 9.17) is 9.97 Å². The zero-order valence-electron chi connectivity index (χ0n) is 17.7. The van der Waals surface area contributed by atoms with Crippen LogP contribution in [0.5, 0.6) is 5.75 Å². The van der Waals surface area contributed by atoms with Crippen molar-refractivity contribution in [3.05, 3.63) is 60.8 Å². The highest BCUT2D eigenvalue weighted by Crippen LogP contribution is 2.31. The van der Waals surface area contributed by atoms with Crippen molar-refractivity contribution in [2.24, 2.45) is 0 Å². The molecule has 160 valence electrons. The van der Waals surface area contributed by atoms with Crippen molar-refractivity contribution in [1.29, 1.82) is 0 Å². The van der Waals surface area contributed by atoms with Crippen LogP contribution in [-0.4, -0.2) is 51.7 Å². The molecule has 0 bridgehead atoms. The summed E-state index contributed by atoms with van der Waals surface area (Å²) in [6.45, 7) is 7.50. The van der Waals surface area contributed by atoms with E-state index in [0.29, 0.717) is 17.4 Å². The zero-order valence-corrected chi connectivity index (χ0v) is 17.7. The summed E-state index contributed by atoms with van der Waals surface area (Å²) < 4.78 is 0. The zero-order chi connectivity index (χ0) is 21.2. The number of nitrogens with zero attached hydrogens (tertiary/aromatic N) is 3. The van der Waals surface area contributed by atoms with Gasteiger partial charge in [-0.15, -0.1) is 0 Å². The van der Waals surface area contributed by atoms with Crippen molar-refractivity contribution >= 4 is 16.7 Å². The molecule has 6 heteroatoms. The van der Waals surface area contributed by atoms with Crippen molar-refractivity contribution in [3.63, 3.8) is 0 Å². The highest BCUT2D eigenvalue weighted by atomic mass is 16.3. The van der Waals surface area contributed by atoms with E-state index in [-0.39, 0.29) is 11.8 Å². The van der Waals surface area contributed by atoms with Crippen LogP contribution in [0.15, 0.2) is 60.8 Å². The average molecular weight is 416 g/mol. The molecule has 0 amide bonds. The molecule has 0 saturated carbocycles. The van der Waals surface area contributed by atoms with Gasteiger partial charge in [0.1, 0.15) is 11.6 Å². The molecule has 0 unspecified atom stereocenters. The molecular weight excluding hydrogens is 386 g/mol. The van der Waals surface area contributed by atoms with Gasteiger partial charge >= 0.3 is 0 Å². The second kappa shape index (κ2) is 8.55. The van der Waals surface area contributed by atoms with Gasteiger partial charge in [-0.2, -0.15) is 0 Å². The fourth-order valence-electron chi connectivity index (χ4n) is 4.66. The normalized spacial score (nSPS) is 21.4. The number of anilines is 1. The Morgan fingerprint density at radius 3 is 2.65 bits per heavy atom. The first-order valence-corrected chi connectivity index (χ1v) is 11.2. The number of fused-ring (bicyclic) bond motifs is 1. The fraction of sp³-hybridized carbons (Fsp3) is 0.360. The maximum absolute atomic E-state index is 10.3. The molecule has 5 rings (SSSR count). The Labute approximate surface area is 183 Å². The fourth-order valence-corrected chi connectivity index (χ4v) is 4.66. The molecular formula is C25H29N5O. The Kier molecular flexibility index (Phi) is 5.47. The maximum atomic E-state index is 10.3. The largest absolute Gasteiger partial charge is 0.507 e. The van der Waals surface area contributed by atoms with Crippen LogP contribution in [0.3, 0.4) is 0 Å². The minimum Gasteiger partial charge on any atom is -0.507 e. The molecule has 2 atom stereocenters. The van der Waals surface area contributed by atoms with E-state index in [1.165, 1.54) is 25.0 Å². The van der Waals surface area contributed by atoms with Crippen LogP contribution in [0.2, 0.25) is 0 Å². The van der Waals surface area contributed by atoms with E-state index in [1.807, 2.05) is 36.4 Å². The van der Waals surface area contributed by atoms with Crippen molar-refractivity contribution in [2.45, 2.75) is 37.8 Å². The number of rotatable bonds is 5. The lowest BCUT2D eigenvalue weighted by atomic mass is 10.1. The molecule has 31 heavy (non-hydrogen) atoms. The predicted octanol–water partition coefficient (Wildman–Crippen LogP) is 4.14. The number of hydrogen-bond donors (Lipinski definition) is 3. The van der Waals surface area contributed by atoms with Gasteiger partial charge in [0, 0.05) is 42.8 Å². The van der Waals surface area contributed by atoms with E-state index in [0.717, 1.165) is 42.8 Å². The monoisotopic (exact) mass is 415 g/mol. The highest BCUT2D eigenvalue weighted by molar-refractivity contribution is 5.91. The summed E-state index contributed by atoms with van der Waals surface area (Å²) in [5.74, 6) is 1.52. The number of hydrogen-bond acceptors (Lipinski definition) is 6. The minimum absolute atomic E-state index is 0.184. The number of aromatic hydroxyl groups is 1. The lowest BCUT2D eigenvalue weighted by molar-refractivity contribution is 0.266. The van der Waals surface area contributed by atoms with E-state index in [2.05, 4.69) is 22.1 Å². The summed E-state index contributed by atoms with van der Waals surface area (Å²) in [6, 6.07) is 15.8. The molecule has 2 aliphatic rings. The van der Waals surface area contributed by atoms with Crippen molar-refractivity contribution in [2.75, 3.05) is 25.0 Å². The third kappa shape index (κ3) is 4.08. The number of piperidine rings is 1. The van der Waals surface area contributed by atoms with Gasteiger partial charge in [0.05, 0.1) is 11.1 Å². The van der Waals surface area contributed by atoms with Gasteiger partial charge in [-0.25, -0.2) is 9.97 Å². The molecule has 2 fully saturated rings. The number of nitrogens with one attached hydrogen (secondary N) is 2. The quantitative estimate of drug-likeness (QED) is 0.582. The lowest BCUT2D eigenvalue weighted by Crippen LogP contribution is -2.37. The van der Waals surface area contributed by atoms with Crippen LogP contribution in [0.4, 0.5) is 5.82 Å². The van der Waals surface area contributed by atoms with Gasteiger partial charge in [-0.1, -0.05) is 30.8 Å². The molecule has 3 heterocycles. The second-order valence-corrected chi connectivity index (χ2v) is 8.51. The Morgan fingerprint density at radius 1 is 1.03 bits per heavy atom. The summed E-state index contributed by atoms with van der Waals surface area (Å²) in [5.41, 5.74) is 2.71. The summed E-state index contributed by atoms with van der Waals surface area (Å²) in [5, 5.41) is 18.6. The molecule has 2 aliphatic heterocycles. The first-order chi connectivity index (χ1) is 15.2. The molecule has 3 aromatic rings. The molecule has 1 aromatic heterocycles. The SMILES string of the molecule is C=C([C@H]1C[C@H](Nc2nc(-c3ccccc3O)nc3ccccc23)CN1)N1CCCCC1. The number of phenolic OH excluding ortho intramolecular Hbond substituents is 1. The standard InChI is InChI=1S/C25H29N5O/c1-17(30-13-7-2-8-14-30)22-15-18(16-26-22)27-24-19-9-3-5-11-21(19)28-25(29-24)20-10-4-6-12-23(20)31/h3-6,9-12,18,22,26,31H,1-2,7-8,13-16H2,(H,27,28,29)/t18-,22+/m0/s1. The van der Waals surface area contributed by atoms with Crippen molar-refractivity contribution in [3.8, 4) is 17.1 Å². The van der Waals surface area contributed by atoms with Crippen LogP contribution in [0.25, 0.3) is 22.3 Å². The van der Waals surface area contributed by atoms with Crippen LogP contribution in [-0.2, 0) is 0 Å². The third-order valence-corrected chi connectivity index (χ3v) is 6.38. The first kappa shape index (κ1) is 19.8. The molecule has 3 N–H and O–H groups in total. The molecule has 0 aliphatic carbocycles. The summed E-state index contributed by atoms with van der Waals surface area (Å²) in [6.07, 6.45) is 4.82. The Bertz CT molecular complexity index is 1090. The number of likely N-dealkylation sites (tertiary alicyclic amines) is 1. The van der Waals surface area contributed by atoms with E-state index in [9.17, 15) is 5.11 Å². The highest BCUT2D eigenvalue weighted by Gasteiger charge is 2.29. The van der Waals surface area contributed by atoms with E-state index in [1.54, 1.807) is 12.1 Å². The Hall–Kier alpha value is -3.12. The van der Waals surface area contributed by atoms with Gasteiger partial charge < -0.3 is 20.6 Å². The Balaban J connectivity index is 1.39. The van der Waals surface area contributed by atoms with Crippen LogP contribution < -0.4 is 10.6 Å². The molecule has 2 saturated heterocycles. The number of phenols is 1. The van der Waals surface area contributed by atoms with Gasteiger partial charge in [-0.05, 0) is 49.9 Å². The van der Waals surface area contributed by atoms with Gasteiger partial charge in [0.15, 0.2) is 5.82 Å². The molecule has 0 spiro atoms. The smallest absolute Gasteiger partial charge is 0.165 e. The van der Waals surface area contributed by atoms with Crippen LogP contribution in [0, 0.1) is 0 Å². The number of aromatic nitrogens is 2. The molecule has 2 aromatic carbocycles. The summed E-state index contributed by atoms with van der Waals surface area (Å²) >= 11 is 0. The van der Waals surface area contributed by atoms with Gasteiger partial charge in [0.25, 0.3) is 0 Å². The molecule has 0 radical (unpaired) electrons. The average Bonchev–Trinajstić information content (AvgIpc) is 3.28.